The normalized spacial score (nSPS) is 12.6. The van der Waals surface area contributed by atoms with Gasteiger partial charge in [0.05, 0.1) is 17.7 Å². The molecule has 1 heterocycles. The second kappa shape index (κ2) is 8.00. The van der Waals surface area contributed by atoms with E-state index in [0.29, 0.717) is 11.8 Å². The highest BCUT2D eigenvalue weighted by molar-refractivity contribution is 6.07. The Morgan fingerprint density at radius 1 is 1.21 bits per heavy atom. The van der Waals surface area contributed by atoms with Gasteiger partial charge >= 0.3 is 6.18 Å². The van der Waals surface area contributed by atoms with Gasteiger partial charge in [-0.05, 0) is 30.3 Å². The molecule has 0 unspecified atom stereocenters. The number of hydrogen-bond donors (Lipinski definition) is 2. The van der Waals surface area contributed by atoms with Crippen LogP contribution in [0.2, 0.25) is 0 Å². The number of benzene rings is 2. The molecule has 154 valence electrons. The molecular formula is C19H17F3N2O5. The first-order chi connectivity index (χ1) is 13.7. The number of nitrogens with zero attached hydrogens (tertiary/aromatic N) is 1. The summed E-state index contributed by atoms with van der Waals surface area (Å²) in [5.41, 5.74) is -1.48. The molecule has 2 aromatic carbocycles. The van der Waals surface area contributed by atoms with Crippen molar-refractivity contribution in [3.8, 4) is 11.5 Å². The monoisotopic (exact) mass is 410 g/mol. The van der Waals surface area contributed by atoms with Crippen LogP contribution in [0.1, 0.15) is 26.3 Å². The zero-order valence-electron chi connectivity index (χ0n) is 15.2. The number of aliphatic hydroxyl groups excluding tert-OH is 1. The SMILES string of the molecule is CN(CCO)C(=O)c1cc(NC(=O)c2cccc3c2OCO3)cc(C(F)(F)F)c1. The Morgan fingerprint density at radius 3 is 2.66 bits per heavy atom. The molecule has 29 heavy (non-hydrogen) atoms. The molecule has 0 spiro atoms. The van der Waals surface area contributed by atoms with Crippen LogP contribution in [0.25, 0.3) is 0 Å². The Hall–Kier alpha value is -3.27. The van der Waals surface area contributed by atoms with Crippen molar-refractivity contribution in [2.24, 2.45) is 0 Å². The molecule has 0 saturated carbocycles. The van der Waals surface area contributed by atoms with Crippen molar-refractivity contribution in [2.45, 2.75) is 6.18 Å². The molecule has 2 N–H and O–H groups in total. The van der Waals surface area contributed by atoms with E-state index in [1.165, 1.54) is 13.1 Å². The Bertz CT molecular complexity index is 946. The molecule has 0 atom stereocenters. The average molecular weight is 410 g/mol. The maximum atomic E-state index is 13.3. The van der Waals surface area contributed by atoms with Crippen LogP contribution in [0, 0.1) is 0 Å². The number of carbonyl (C=O) groups is 2. The Morgan fingerprint density at radius 2 is 1.97 bits per heavy atom. The summed E-state index contributed by atoms with van der Waals surface area (Å²) in [6.07, 6.45) is -4.73. The van der Waals surface area contributed by atoms with Gasteiger partial charge in [0.15, 0.2) is 11.5 Å². The van der Waals surface area contributed by atoms with Crippen molar-refractivity contribution in [2.75, 3.05) is 32.3 Å². The Balaban J connectivity index is 1.94. The number of likely N-dealkylation sites (N-methyl/N-ethyl adjacent to an activating group) is 1. The van der Waals surface area contributed by atoms with Crippen LogP contribution in [0.5, 0.6) is 11.5 Å². The van der Waals surface area contributed by atoms with E-state index in [-0.39, 0.29) is 42.5 Å². The lowest BCUT2D eigenvalue weighted by atomic mass is 10.1. The summed E-state index contributed by atoms with van der Waals surface area (Å²) in [6.45, 7) is -0.463. The number of fused-ring (bicyclic) bond motifs is 1. The number of amides is 2. The summed E-state index contributed by atoms with van der Waals surface area (Å²) in [5.74, 6) is -0.897. The van der Waals surface area contributed by atoms with Gasteiger partial charge in [-0.1, -0.05) is 6.07 Å². The number of para-hydroxylation sites is 1. The molecule has 0 aliphatic carbocycles. The molecule has 3 rings (SSSR count). The van der Waals surface area contributed by atoms with E-state index in [9.17, 15) is 22.8 Å². The minimum atomic E-state index is -4.73. The summed E-state index contributed by atoms with van der Waals surface area (Å²) in [5, 5.41) is 11.3. The van der Waals surface area contributed by atoms with E-state index in [4.69, 9.17) is 14.6 Å². The van der Waals surface area contributed by atoms with Crippen molar-refractivity contribution in [3.05, 3.63) is 53.1 Å². The molecule has 1 aliphatic heterocycles. The van der Waals surface area contributed by atoms with E-state index in [1.54, 1.807) is 12.1 Å². The predicted molar refractivity (Wildman–Crippen MR) is 96.0 cm³/mol. The van der Waals surface area contributed by atoms with Crippen LogP contribution in [-0.4, -0.2) is 48.8 Å². The van der Waals surface area contributed by atoms with Gasteiger partial charge in [-0.15, -0.1) is 0 Å². The van der Waals surface area contributed by atoms with Crippen LogP contribution in [-0.2, 0) is 6.18 Å². The fourth-order valence-electron chi connectivity index (χ4n) is 2.77. The summed E-state index contributed by atoms with van der Waals surface area (Å²) < 4.78 is 50.3. The Labute approximate surface area is 163 Å². The number of rotatable bonds is 5. The van der Waals surface area contributed by atoms with Crippen LogP contribution < -0.4 is 14.8 Å². The lowest BCUT2D eigenvalue weighted by Gasteiger charge is -2.18. The van der Waals surface area contributed by atoms with Crippen molar-refractivity contribution >= 4 is 17.5 Å². The predicted octanol–water partition coefficient (Wildman–Crippen LogP) is 2.75. The van der Waals surface area contributed by atoms with Crippen LogP contribution in [0.3, 0.4) is 0 Å². The molecule has 10 heteroatoms. The van der Waals surface area contributed by atoms with E-state index in [1.807, 2.05) is 0 Å². The van der Waals surface area contributed by atoms with Gasteiger partial charge < -0.3 is 24.8 Å². The second-order valence-corrected chi connectivity index (χ2v) is 6.24. The lowest BCUT2D eigenvalue weighted by Crippen LogP contribution is -2.29. The average Bonchev–Trinajstić information content (AvgIpc) is 3.15. The fraction of sp³-hybridized carbons (Fsp3) is 0.263. The lowest BCUT2D eigenvalue weighted by molar-refractivity contribution is -0.137. The highest BCUT2D eigenvalue weighted by Gasteiger charge is 2.32. The molecule has 2 aromatic rings. The van der Waals surface area contributed by atoms with Crippen molar-refractivity contribution in [1.29, 1.82) is 0 Å². The summed E-state index contributed by atoms with van der Waals surface area (Å²) >= 11 is 0. The van der Waals surface area contributed by atoms with Crippen LogP contribution >= 0.6 is 0 Å². The van der Waals surface area contributed by atoms with Gasteiger partial charge in [0.2, 0.25) is 6.79 Å². The molecule has 1 aliphatic rings. The molecule has 0 fully saturated rings. The highest BCUT2D eigenvalue weighted by atomic mass is 19.4. The smallest absolute Gasteiger partial charge is 0.416 e. The van der Waals surface area contributed by atoms with Gasteiger partial charge in [-0.25, -0.2) is 0 Å². The second-order valence-electron chi connectivity index (χ2n) is 6.24. The van der Waals surface area contributed by atoms with Crippen LogP contribution in [0.4, 0.5) is 18.9 Å². The zero-order chi connectivity index (χ0) is 21.2. The highest BCUT2D eigenvalue weighted by Crippen LogP contribution is 2.36. The molecule has 7 nitrogen and oxygen atoms in total. The van der Waals surface area contributed by atoms with Crippen LogP contribution in [0.15, 0.2) is 36.4 Å². The van der Waals surface area contributed by atoms with Gasteiger partial charge in [0.25, 0.3) is 11.8 Å². The number of halogens is 3. The van der Waals surface area contributed by atoms with Crippen molar-refractivity contribution in [1.82, 2.24) is 4.90 Å². The largest absolute Gasteiger partial charge is 0.454 e. The maximum absolute atomic E-state index is 13.3. The van der Waals surface area contributed by atoms with Gasteiger partial charge in [0.1, 0.15) is 0 Å². The number of anilines is 1. The third-order valence-corrected chi connectivity index (χ3v) is 4.19. The zero-order valence-corrected chi connectivity index (χ0v) is 15.2. The first-order valence-electron chi connectivity index (χ1n) is 8.49. The van der Waals surface area contributed by atoms with E-state index in [0.717, 1.165) is 17.0 Å². The first kappa shape index (κ1) is 20.5. The molecule has 2 amide bonds. The summed E-state index contributed by atoms with van der Waals surface area (Å²) in [4.78, 5) is 26.0. The van der Waals surface area contributed by atoms with E-state index in [2.05, 4.69) is 5.32 Å². The minimum Gasteiger partial charge on any atom is -0.454 e. The number of nitrogens with one attached hydrogen (secondary N) is 1. The van der Waals surface area contributed by atoms with Gasteiger partial charge in [-0.3, -0.25) is 9.59 Å². The number of hydrogen-bond acceptors (Lipinski definition) is 5. The maximum Gasteiger partial charge on any atom is 0.416 e. The number of carbonyl (C=O) groups excluding carboxylic acids is 2. The minimum absolute atomic E-state index is 0.0513. The Kier molecular flexibility index (Phi) is 5.64. The fourth-order valence-corrected chi connectivity index (χ4v) is 2.77. The standard InChI is InChI=1S/C19H17F3N2O5/c1-24(5-6-25)18(27)11-7-12(19(20,21)22)9-13(8-11)23-17(26)14-3-2-4-15-16(14)29-10-28-15/h2-4,7-9,25H,5-6,10H2,1H3,(H,23,26). The first-order valence-corrected chi connectivity index (χ1v) is 8.49. The molecular weight excluding hydrogens is 393 g/mol. The van der Waals surface area contributed by atoms with E-state index < -0.39 is 23.6 Å². The summed E-state index contributed by atoms with van der Waals surface area (Å²) in [7, 11) is 1.35. The molecule has 0 saturated heterocycles. The summed E-state index contributed by atoms with van der Waals surface area (Å²) in [6, 6.07) is 7.16. The quantitative estimate of drug-likeness (QED) is 0.792. The molecule has 0 radical (unpaired) electrons. The van der Waals surface area contributed by atoms with Gasteiger partial charge in [0, 0.05) is 24.8 Å². The number of alkyl halides is 3. The van der Waals surface area contributed by atoms with Gasteiger partial charge in [-0.2, -0.15) is 13.2 Å². The third-order valence-electron chi connectivity index (χ3n) is 4.19. The third kappa shape index (κ3) is 4.43. The van der Waals surface area contributed by atoms with Crippen molar-refractivity contribution in [3.63, 3.8) is 0 Å². The molecule has 0 aromatic heterocycles. The topological polar surface area (TPSA) is 88.1 Å². The van der Waals surface area contributed by atoms with E-state index >= 15 is 0 Å². The number of ether oxygens (including phenoxy) is 2. The van der Waals surface area contributed by atoms with Crippen molar-refractivity contribution < 1.29 is 37.3 Å². The number of aliphatic hydroxyl groups is 1. The molecule has 0 bridgehead atoms.